The number of rotatable bonds is 7. The fourth-order valence-electron chi connectivity index (χ4n) is 1.02. The van der Waals surface area contributed by atoms with Crippen LogP contribution in [0.3, 0.4) is 0 Å². The van der Waals surface area contributed by atoms with Crippen LogP contribution in [-0.2, 0) is 9.59 Å². The summed E-state index contributed by atoms with van der Waals surface area (Å²) < 4.78 is 0. The van der Waals surface area contributed by atoms with E-state index in [1.165, 1.54) is 6.08 Å². The maximum Gasteiger partial charge on any atom is 0.171 e. The number of nitrogens with two attached hydrogens (primary N) is 2. The van der Waals surface area contributed by atoms with Gasteiger partial charge >= 0.3 is 0 Å². The SMILES string of the molecule is C=CC(=O)CC(N)CC(N)C(=O)C=C. The van der Waals surface area contributed by atoms with Crippen LogP contribution in [-0.4, -0.2) is 23.7 Å². The molecule has 0 bridgehead atoms. The second-order valence-electron chi connectivity index (χ2n) is 3.08. The molecule has 0 aliphatic heterocycles. The molecule has 0 aromatic heterocycles. The zero-order valence-electron chi connectivity index (χ0n) is 8.11. The molecule has 0 saturated heterocycles. The lowest BCUT2D eigenvalue weighted by Gasteiger charge is -2.13. The Hall–Kier alpha value is -1.26. The van der Waals surface area contributed by atoms with E-state index >= 15 is 0 Å². The van der Waals surface area contributed by atoms with Gasteiger partial charge in [0.1, 0.15) is 0 Å². The van der Waals surface area contributed by atoms with Crippen LogP contribution in [0.2, 0.25) is 0 Å². The van der Waals surface area contributed by atoms with Crippen LogP contribution >= 0.6 is 0 Å². The van der Waals surface area contributed by atoms with Crippen molar-refractivity contribution in [3.63, 3.8) is 0 Å². The minimum atomic E-state index is -0.667. The maximum atomic E-state index is 11.0. The molecular formula is C10H16N2O2. The molecule has 2 unspecified atom stereocenters. The highest BCUT2D eigenvalue weighted by molar-refractivity contribution is 5.93. The first-order valence-corrected chi connectivity index (χ1v) is 4.34. The Morgan fingerprint density at radius 1 is 1.21 bits per heavy atom. The number of hydrogen-bond donors (Lipinski definition) is 2. The summed E-state index contributed by atoms with van der Waals surface area (Å²) in [7, 11) is 0. The van der Waals surface area contributed by atoms with Gasteiger partial charge in [-0.05, 0) is 18.6 Å². The largest absolute Gasteiger partial charge is 0.327 e. The number of hydrogen-bond acceptors (Lipinski definition) is 4. The lowest BCUT2D eigenvalue weighted by atomic mass is 10.0. The Balaban J connectivity index is 3.99. The molecule has 0 aromatic rings. The molecule has 0 aliphatic carbocycles. The van der Waals surface area contributed by atoms with Gasteiger partial charge in [-0.2, -0.15) is 0 Å². The van der Waals surface area contributed by atoms with Crippen LogP contribution in [0, 0.1) is 0 Å². The van der Waals surface area contributed by atoms with Gasteiger partial charge in [-0.3, -0.25) is 9.59 Å². The van der Waals surface area contributed by atoms with E-state index in [-0.39, 0.29) is 24.4 Å². The van der Waals surface area contributed by atoms with Gasteiger partial charge in [0.05, 0.1) is 6.04 Å². The number of carbonyl (C=O) groups is 2. The first kappa shape index (κ1) is 12.7. The third kappa shape index (κ3) is 4.69. The topological polar surface area (TPSA) is 86.2 Å². The van der Waals surface area contributed by atoms with Crippen molar-refractivity contribution in [3.05, 3.63) is 25.3 Å². The monoisotopic (exact) mass is 196 g/mol. The summed E-state index contributed by atoms with van der Waals surface area (Å²) in [4.78, 5) is 21.9. The van der Waals surface area contributed by atoms with Crippen molar-refractivity contribution < 1.29 is 9.59 Å². The van der Waals surface area contributed by atoms with Crippen molar-refractivity contribution in [2.75, 3.05) is 0 Å². The normalized spacial score (nSPS) is 14.1. The van der Waals surface area contributed by atoms with Crippen LogP contribution in [0.25, 0.3) is 0 Å². The summed E-state index contributed by atoms with van der Waals surface area (Å²) in [5.74, 6) is -0.401. The second-order valence-corrected chi connectivity index (χ2v) is 3.08. The lowest BCUT2D eigenvalue weighted by Crippen LogP contribution is -2.37. The fraction of sp³-hybridized carbons (Fsp3) is 0.400. The Labute approximate surface area is 83.6 Å². The fourth-order valence-corrected chi connectivity index (χ4v) is 1.02. The van der Waals surface area contributed by atoms with Crippen molar-refractivity contribution in [1.29, 1.82) is 0 Å². The van der Waals surface area contributed by atoms with E-state index in [4.69, 9.17) is 11.5 Å². The van der Waals surface area contributed by atoms with Crippen LogP contribution in [0.5, 0.6) is 0 Å². The molecule has 0 radical (unpaired) electrons. The molecule has 0 amide bonds. The van der Waals surface area contributed by atoms with Crippen molar-refractivity contribution in [1.82, 2.24) is 0 Å². The van der Waals surface area contributed by atoms with Crippen molar-refractivity contribution >= 4 is 11.6 Å². The van der Waals surface area contributed by atoms with Gasteiger partial charge in [-0.25, -0.2) is 0 Å². The summed E-state index contributed by atoms with van der Waals surface area (Å²) in [6.45, 7) is 6.64. The highest BCUT2D eigenvalue weighted by atomic mass is 16.1. The molecule has 0 saturated carbocycles. The molecule has 0 heterocycles. The Morgan fingerprint density at radius 3 is 2.21 bits per heavy atom. The molecule has 0 aliphatic rings. The first-order chi connectivity index (χ1) is 6.51. The van der Waals surface area contributed by atoms with Gasteiger partial charge in [0.25, 0.3) is 0 Å². The van der Waals surface area contributed by atoms with Gasteiger partial charge < -0.3 is 11.5 Å². The van der Waals surface area contributed by atoms with E-state index < -0.39 is 12.1 Å². The smallest absolute Gasteiger partial charge is 0.171 e. The number of allylic oxidation sites excluding steroid dienone is 1. The van der Waals surface area contributed by atoms with Gasteiger partial charge in [-0.1, -0.05) is 13.2 Å². The van der Waals surface area contributed by atoms with Gasteiger partial charge in [0, 0.05) is 12.5 Å². The molecule has 0 rings (SSSR count). The van der Waals surface area contributed by atoms with E-state index in [9.17, 15) is 9.59 Å². The van der Waals surface area contributed by atoms with Crippen molar-refractivity contribution in [2.24, 2.45) is 11.5 Å². The zero-order chi connectivity index (χ0) is 11.1. The summed E-state index contributed by atoms with van der Waals surface area (Å²) in [5, 5.41) is 0. The molecule has 0 aromatic carbocycles. The molecule has 0 fully saturated rings. The predicted molar refractivity (Wildman–Crippen MR) is 55.6 cm³/mol. The highest BCUT2D eigenvalue weighted by Gasteiger charge is 2.15. The van der Waals surface area contributed by atoms with Crippen LogP contribution < -0.4 is 11.5 Å². The van der Waals surface area contributed by atoms with Crippen molar-refractivity contribution in [2.45, 2.75) is 24.9 Å². The Kier molecular flexibility index (Phi) is 5.67. The minimum absolute atomic E-state index is 0.143. The van der Waals surface area contributed by atoms with Crippen LogP contribution in [0.4, 0.5) is 0 Å². The zero-order valence-corrected chi connectivity index (χ0v) is 8.11. The predicted octanol–water partition coefficient (Wildman–Crippen LogP) is -0.0686. The first-order valence-electron chi connectivity index (χ1n) is 4.34. The molecular weight excluding hydrogens is 180 g/mol. The standard InChI is InChI=1S/C10H16N2O2/c1-3-8(13)5-7(11)6-9(12)10(14)4-2/h3-4,7,9H,1-2,5-6,11-12H2. The summed E-state index contributed by atoms with van der Waals surface area (Å²) in [6.07, 6.45) is 2.82. The highest BCUT2D eigenvalue weighted by Crippen LogP contribution is 2.01. The quantitative estimate of drug-likeness (QED) is 0.558. The van der Waals surface area contributed by atoms with Crippen LogP contribution in [0.15, 0.2) is 25.3 Å². The van der Waals surface area contributed by atoms with E-state index in [1.807, 2.05) is 0 Å². The van der Waals surface area contributed by atoms with Crippen LogP contribution in [0.1, 0.15) is 12.8 Å². The average Bonchev–Trinajstić information content (AvgIpc) is 2.15. The molecule has 2 atom stereocenters. The molecule has 78 valence electrons. The molecule has 4 heteroatoms. The maximum absolute atomic E-state index is 11.0. The Bertz CT molecular complexity index is 249. The third-order valence-electron chi connectivity index (χ3n) is 1.81. The summed E-state index contributed by atoms with van der Waals surface area (Å²) in [6, 6.07) is -1.07. The van der Waals surface area contributed by atoms with E-state index in [0.717, 1.165) is 6.08 Å². The minimum Gasteiger partial charge on any atom is -0.327 e. The number of ketones is 2. The third-order valence-corrected chi connectivity index (χ3v) is 1.81. The van der Waals surface area contributed by atoms with Gasteiger partial charge in [-0.15, -0.1) is 0 Å². The molecule has 14 heavy (non-hydrogen) atoms. The lowest BCUT2D eigenvalue weighted by molar-refractivity contribution is -0.117. The van der Waals surface area contributed by atoms with E-state index in [0.29, 0.717) is 0 Å². The van der Waals surface area contributed by atoms with Gasteiger partial charge in [0.15, 0.2) is 11.6 Å². The second kappa shape index (κ2) is 6.23. The molecule has 0 spiro atoms. The Morgan fingerprint density at radius 2 is 1.79 bits per heavy atom. The number of carbonyl (C=O) groups excluding carboxylic acids is 2. The van der Waals surface area contributed by atoms with Gasteiger partial charge in [0.2, 0.25) is 0 Å². The van der Waals surface area contributed by atoms with E-state index in [1.54, 1.807) is 0 Å². The molecule has 4 nitrogen and oxygen atoms in total. The summed E-state index contributed by atoms with van der Waals surface area (Å²) >= 11 is 0. The van der Waals surface area contributed by atoms with E-state index in [2.05, 4.69) is 13.2 Å². The van der Waals surface area contributed by atoms with Crippen molar-refractivity contribution in [3.8, 4) is 0 Å². The molecule has 4 N–H and O–H groups in total. The summed E-state index contributed by atoms with van der Waals surface area (Å²) in [5.41, 5.74) is 11.1. The average molecular weight is 196 g/mol.